The van der Waals surface area contributed by atoms with Gasteiger partial charge >= 0.3 is 18.0 Å². The number of nitrogens with two attached hydrogens (primary N) is 1. The van der Waals surface area contributed by atoms with Crippen molar-refractivity contribution in [1.29, 1.82) is 0 Å². The van der Waals surface area contributed by atoms with Crippen molar-refractivity contribution < 1.29 is 47.7 Å². The Morgan fingerprint density at radius 2 is 1.17 bits per heavy atom. The first-order chi connectivity index (χ1) is 21.9. The minimum atomic E-state index is -0.619. The van der Waals surface area contributed by atoms with Crippen molar-refractivity contribution >= 4 is 29.8 Å². The van der Waals surface area contributed by atoms with Gasteiger partial charge in [-0.15, -0.1) is 0 Å². The summed E-state index contributed by atoms with van der Waals surface area (Å²) in [7, 11) is 0. The summed E-state index contributed by atoms with van der Waals surface area (Å²) >= 11 is 0. The van der Waals surface area contributed by atoms with E-state index in [-0.39, 0.29) is 49.4 Å². The van der Waals surface area contributed by atoms with Crippen molar-refractivity contribution in [1.82, 2.24) is 16.0 Å². The second-order valence-electron chi connectivity index (χ2n) is 11.1. The van der Waals surface area contributed by atoms with Gasteiger partial charge < -0.3 is 45.4 Å². The van der Waals surface area contributed by atoms with Gasteiger partial charge in [0.15, 0.2) is 0 Å². The van der Waals surface area contributed by atoms with E-state index >= 15 is 0 Å². The number of ether oxygens (including phenoxy) is 5. The van der Waals surface area contributed by atoms with E-state index in [1.165, 1.54) is 0 Å². The minimum Gasteiger partial charge on any atom is -0.447 e. The molecule has 0 aliphatic carbocycles. The minimum absolute atomic E-state index is 0.00419. The highest BCUT2D eigenvalue weighted by molar-refractivity contribution is 6.12. The predicted octanol–water partition coefficient (Wildman–Crippen LogP) is 2.67. The average molecular weight is 659 g/mol. The fraction of sp³-hybridized carbons (Fsp3) is 0.781. The van der Waals surface area contributed by atoms with Gasteiger partial charge in [-0.3, -0.25) is 9.59 Å². The highest BCUT2D eigenvalue weighted by atomic mass is 16.6. The van der Waals surface area contributed by atoms with Crippen LogP contribution in [0.15, 0.2) is 11.1 Å². The van der Waals surface area contributed by atoms with E-state index in [1.807, 2.05) is 20.8 Å². The monoisotopic (exact) mass is 658 g/mol. The second-order valence-corrected chi connectivity index (χ2v) is 11.1. The zero-order valence-electron chi connectivity index (χ0n) is 28.7. The highest BCUT2D eigenvalue weighted by Gasteiger charge is 2.29. The van der Waals surface area contributed by atoms with Crippen LogP contribution in [0.3, 0.4) is 0 Å². The first-order valence-corrected chi connectivity index (χ1v) is 16.4. The molecule has 0 saturated heterocycles. The molecular weight excluding hydrogens is 600 g/mol. The molecule has 0 aromatic carbocycles. The number of cyclic esters (lactones) is 2. The molecule has 0 fully saturated rings. The van der Waals surface area contributed by atoms with Gasteiger partial charge in [0.2, 0.25) is 11.8 Å². The molecule has 0 saturated carbocycles. The van der Waals surface area contributed by atoms with Crippen molar-refractivity contribution in [3.05, 3.63) is 11.1 Å². The zero-order chi connectivity index (χ0) is 34.7. The summed E-state index contributed by atoms with van der Waals surface area (Å²) in [6, 6.07) is 0.172. The average Bonchev–Trinajstić information content (AvgIpc) is 3.23. The molecule has 1 heterocycles. The molecule has 1 rings (SSSR count). The Hall–Kier alpha value is -3.07. The third-order valence-corrected chi connectivity index (χ3v) is 6.69. The van der Waals surface area contributed by atoms with E-state index in [0.29, 0.717) is 70.2 Å². The Morgan fingerprint density at radius 1 is 0.696 bits per heavy atom. The van der Waals surface area contributed by atoms with E-state index in [2.05, 4.69) is 34.5 Å². The molecule has 14 nitrogen and oxygen atoms in total. The molecule has 3 unspecified atom stereocenters. The molecule has 0 spiro atoms. The van der Waals surface area contributed by atoms with Crippen molar-refractivity contribution in [2.24, 2.45) is 5.73 Å². The fourth-order valence-corrected chi connectivity index (χ4v) is 4.21. The van der Waals surface area contributed by atoms with Crippen LogP contribution in [-0.4, -0.2) is 101 Å². The summed E-state index contributed by atoms with van der Waals surface area (Å²) in [6.07, 6.45) is 4.79. The zero-order valence-corrected chi connectivity index (χ0v) is 28.7. The van der Waals surface area contributed by atoms with Crippen LogP contribution in [-0.2, 0) is 42.9 Å². The van der Waals surface area contributed by atoms with Crippen LogP contribution < -0.4 is 21.7 Å². The van der Waals surface area contributed by atoms with Gasteiger partial charge in [-0.1, -0.05) is 26.7 Å². The van der Waals surface area contributed by atoms with Gasteiger partial charge in [0.1, 0.15) is 6.61 Å². The summed E-state index contributed by atoms with van der Waals surface area (Å²) in [5.41, 5.74) is 5.93. The van der Waals surface area contributed by atoms with E-state index in [4.69, 9.17) is 24.7 Å². The Balaban J connectivity index is 0.000000964. The normalized spacial score (nSPS) is 14.5. The lowest BCUT2D eigenvalue weighted by atomic mass is 10.1. The molecule has 3 amide bonds. The number of esters is 2. The SMILES string of the molecule is CCCC(C)NC(=O)CCC(C)NC(=O)OCCOCCOCCOCCN.CCCC(C)NC(=O)CCC1=C(C)C(=O)OC1=O. The largest absolute Gasteiger partial charge is 0.447 e. The molecule has 1 aliphatic heterocycles. The maximum Gasteiger partial charge on any atom is 0.407 e. The Labute approximate surface area is 274 Å². The van der Waals surface area contributed by atoms with Crippen molar-refractivity contribution in [3.63, 3.8) is 0 Å². The lowest BCUT2D eigenvalue weighted by Crippen LogP contribution is -2.36. The van der Waals surface area contributed by atoms with Crippen LogP contribution in [0, 0.1) is 0 Å². The van der Waals surface area contributed by atoms with Gasteiger partial charge in [0.25, 0.3) is 0 Å². The number of nitrogens with one attached hydrogen (secondary N) is 3. The van der Waals surface area contributed by atoms with E-state index < -0.39 is 18.0 Å². The van der Waals surface area contributed by atoms with E-state index in [1.54, 1.807) is 6.92 Å². The van der Waals surface area contributed by atoms with Crippen LogP contribution in [0.25, 0.3) is 0 Å². The van der Waals surface area contributed by atoms with Crippen LogP contribution in [0.2, 0.25) is 0 Å². The molecule has 0 aromatic rings. The fourth-order valence-electron chi connectivity index (χ4n) is 4.21. The second kappa shape index (κ2) is 27.1. The summed E-state index contributed by atoms with van der Waals surface area (Å²) in [5, 5.41) is 8.50. The molecule has 0 radical (unpaired) electrons. The molecule has 3 atom stereocenters. The quantitative estimate of drug-likeness (QED) is 0.0677. The van der Waals surface area contributed by atoms with Crippen LogP contribution in [0.4, 0.5) is 4.79 Å². The number of rotatable bonds is 24. The summed E-state index contributed by atoms with van der Waals surface area (Å²) in [5.74, 6) is -1.32. The standard InChI is InChI=1S/C19H39N3O6.C13H19NO4/c1-4-5-16(2)21-18(23)7-6-17(3)22-19(24)28-15-14-27-13-12-26-11-10-25-9-8-20;1-4-5-8(2)14-11(15)7-6-10-9(3)12(16)18-13(10)17/h16-17H,4-15,20H2,1-3H3,(H,21,23)(H,22,24);8H,4-7H2,1-3H3,(H,14,15). The Kier molecular flexibility index (Phi) is 25.3. The van der Waals surface area contributed by atoms with Crippen LogP contribution in [0.1, 0.15) is 92.9 Å². The molecule has 266 valence electrons. The van der Waals surface area contributed by atoms with Gasteiger partial charge in [-0.2, -0.15) is 0 Å². The van der Waals surface area contributed by atoms with E-state index in [9.17, 15) is 24.0 Å². The first-order valence-electron chi connectivity index (χ1n) is 16.4. The third-order valence-electron chi connectivity index (χ3n) is 6.69. The summed E-state index contributed by atoms with van der Waals surface area (Å²) in [4.78, 5) is 57.5. The topological polar surface area (TPSA) is 194 Å². The number of carbonyl (C=O) groups excluding carboxylic acids is 5. The number of hydrogen-bond acceptors (Lipinski definition) is 11. The highest BCUT2D eigenvalue weighted by Crippen LogP contribution is 2.21. The molecule has 14 heteroatoms. The Bertz CT molecular complexity index is 944. The summed E-state index contributed by atoms with van der Waals surface area (Å²) < 4.78 is 25.3. The van der Waals surface area contributed by atoms with Gasteiger partial charge in [-0.25, -0.2) is 14.4 Å². The van der Waals surface area contributed by atoms with Crippen molar-refractivity contribution in [2.45, 2.75) is 111 Å². The lowest BCUT2D eigenvalue weighted by molar-refractivity contribution is -0.151. The van der Waals surface area contributed by atoms with Crippen LogP contribution in [0.5, 0.6) is 0 Å². The van der Waals surface area contributed by atoms with E-state index in [0.717, 1.165) is 25.7 Å². The van der Waals surface area contributed by atoms with Crippen molar-refractivity contribution in [2.75, 3.05) is 52.8 Å². The van der Waals surface area contributed by atoms with Crippen LogP contribution >= 0.6 is 0 Å². The van der Waals surface area contributed by atoms with Gasteiger partial charge in [0.05, 0.1) is 39.6 Å². The van der Waals surface area contributed by atoms with Crippen molar-refractivity contribution in [3.8, 4) is 0 Å². The molecule has 0 aromatic heterocycles. The number of hydrogen-bond donors (Lipinski definition) is 4. The first kappa shape index (κ1) is 42.9. The molecule has 5 N–H and O–H groups in total. The molecule has 1 aliphatic rings. The number of carbonyl (C=O) groups is 5. The maximum absolute atomic E-state index is 11.8. The van der Waals surface area contributed by atoms with Gasteiger partial charge in [0, 0.05) is 48.7 Å². The Morgan fingerprint density at radius 3 is 1.65 bits per heavy atom. The molecular formula is C32H58N4O10. The molecule has 0 bridgehead atoms. The maximum atomic E-state index is 11.8. The number of alkyl carbamates (subject to hydrolysis) is 1. The molecule has 46 heavy (non-hydrogen) atoms. The predicted molar refractivity (Wildman–Crippen MR) is 173 cm³/mol. The third kappa shape index (κ3) is 22.4. The summed E-state index contributed by atoms with van der Waals surface area (Å²) in [6.45, 7) is 14.8. The smallest absolute Gasteiger partial charge is 0.407 e. The van der Waals surface area contributed by atoms with Gasteiger partial charge in [-0.05, 0) is 53.4 Å². The number of amides is 3. The lowest BCUT2D eigenvalue weighted by Gasteiger charge is -2.16.